The lowest BCUT2D eigenvalue weighted by atomic mass is 10.0. The van der Waals surface area contributed by atoms with Crippen molar-refractivity contribution in [2.75, 3.05) is 13.2 Å². The van der Waals surface area contributed by atoms with Gasteiger partial charge in [-0.1, -0.05) is 32.9 Å². The largest absolute Gasteiger partial charge is 0.486 e. The average Bonchev–Trinajstić information content (AvgIpc) is 2.39. The molecule has 2 rings (SSSR count). The van der Waals surface area contributed by atoms with Gasteiger partial charge in [0.05, 0.1) is 0 Å². The van der Waals surface area contributed by atoms with Gasteiger partial charge in [0.15, 0.2) is 11.5 Å². The van der Waals surface area contributed by atoms with Crippen molar-refractivity contribution in [1.29, 1.82) is 0 Å². The van der Waals surface area contributed by atoms with Crippen molar-refractivity contribution < 1.29 is 9.47 Å². The Labute approximate surface area is 109 Å². The van der Waals surface area contributed by atoms with Crippen LogP contribution in [0.1, 0.15) is 32.8 Å². The van der Waals surface area contributed by atoms with Crippen molar-refractivity contribution in [3.8, 4) is 11.5 Å². The number of fused-ring (bicyclic) bond motifs is 1. The summed E-state index contributed by atoms with van der Waals surface area (Å²) in [5.74, 6) is 2.43. The summed E-state index contributed by atoms with van der Waals surface area (Å²) in [6, 6.07) is 6.65. The van der Waals surface area contributed by atoms with E-state index >= 15 is 0 Å². The number of benzene rings is 1. The Kier molecular flexibility index (Phi) is 4.48. The highest BCUT2D eigenvalue weighted by Gasteiger charge is 2.17. The summed E-state index contributed by atoms with van der Waals surface area (Å²) < 4.78 is 11.3. The van der Waals surface area contributed by atoms with Crippen LogP contribution >= 0.6 is 0 Å². The second-order valence-corrected chi connectivity index (χ2v) is 5.08. The molecule has 0 amide bonds. The zero-order chi connectivity index (χ0) is 13.0. The summed E-state index contributed by atoms with van der Waals surface area (Å²) in [4.78, 5) is 0. The third-order valence-electron chi connectivity index (χ3n) is 3.45. The van der Waals surface area contributed by atoms with Crippen LogP contribution < -0.4 is 14.8 Å². The summed E-state index contributed by atoms with van der Waals surface area (Å²) >= 11 is 0. The first kappa shape index (κ1) is 13.2. The van der Waals surface area contributed by atoms with Crippen molar-refractivity contribution in [2.45, 2.75) is 39.8 Å². The smallest absolute Gasteiger partial charge is 0.165 e. The highest BCUT2D eigenvalue weighted by Crippen LogP contribution is 2.33. The zero-order valence-corrected chi connectivity index (χ0v) is 11.5. The molecule has 0 fully saturated rings. The van der Waals surface area contributed by atoms with Crippen molar-refractivity contribution in [3.05, 3.63) is 23.8 Å². The first-order chi connectivity index (χ1) is 8.72. The van der Waals surface area contributed by atoms with Crippen molar-refractivity contribution in [3.63, 3.8) is 0 Å². The molecule has 1 atom stereocenters. The van der Waals surface area contributed by atoms with E-state index in [1.807, 2.05) is 12.1 Å². The van der Waals surface area contributed by atoms with Crippen molar-refractivity contribution in [2.24, 2.45) is 5.92 Å². The lowest BCUT2D eigenvalue weighted by Crippen LogP contribution is -2.33. The molecule has 1 aromatic rings. The molecular weight excluding hydrogens is 226 g/mol. The minimum Gasteiger partial charge on any atom is -0.486 e. The summed E-state index contributed by atoms with van der Waals surface area (Å²) in [6.07, 6.45) is 1.14. The number of hydrogen-bond donors (Lipinski definition) is 1. The predicted molar refractivity (Wildman–Crippen MR) is 73.2 cm³/mol. The minimum absolute atomic E-state index is 0.547. The lowest BCUT2D eigenvalue weighted by Gasteiger charge is -2.24. The van der Waals surface area contributed by atoms with Crippen LogP contribution in [0.15, 0.2) is 18.2 Å². The molecule has 100 valence electrons. The van der Waals surface area contributed by atoms with Gasteiger partial charge in [0.2, 0.25) is 0 Å². The van der Waals surface area contributed by atoms with Crippen LogP contribution in [0.25, 0.3) is 0 Å². The van der Waals surface area contributed by atoms with Gasteiger partial charge in [-0.2, -0.15) is 0 Å². The van der Waals surface area contributed by atoms with Crippen LogP contribution in [0.2, 0.25) is 0 Å². The van der Waals surface area contributed by atoms with Gasteiger partial charge < -0.3 is 14.8 Å². The van der Waals surface area contributed by atoms with Gasteiger partial charge in [-0.3, -0.25) is 0 Å². The van der Waals surface area contributed by atoms with E-state index in [0.717, 1.165) is 24.5 Å². The van der Waals surface area contributed by atoms with E-state index in [0.29, 0.717) is 25.2 Å². The molecule has 18 heavy (non-hydrogen) atoms. The molecule has 3 heteroatoms. The zero-order valence-electron chi connectivity index (χ0n) is 11.5. The van der Waals surface area contributed by atoms with E-state index in [9.17, 15) is 0 Å². The molecule has 0 saturated heterocycles. The van der Waals surface area contributed by atoms with E-state index in [-0.39, 0.29) is 0 Å². The monoisotopic (exact) mass is 249 g/mol. The van der Waals surface area contributed by atoms with Gasteiger partial charge in [0.1, 0.15) is 13.2 Å². The van der Waals surface area contributed by atoms with E-state index in [2.05, 4.69) is 32.2 Å². The maximum Gasteiger partial charge on any atom is 0.165 e. The molecule has 1 unspecified atom stereocenters. The Balaban J connectivity index is 2.05. The molecule has 0 bridgehead atoms. The van der Waals surface area contributed by atoms with Gasteiger partial charge in [0.25, 0.3) is 0 Å². The van der Waals surface area contributed by atoms with Crippen molar-refractivity contribution in [1.82, 2.24) is 5.32 Å². The van der Waals surface area contributed by atoms with E-state index in [1.165, 1.54) is 5.56 Å². The summed E-state index contributed by atoms with van der Waals surface area (Å²) in [5.41, 5.74) is 1.19. The topological polar surface area (TPSA) is 30.5 Å². The Morgan fingerprint density at radius 2 is 2.00 bits per heavy atom. The first-order valence-electron chi connectivity index (χ1n) is 6.83. The Morgan fingerprint density at radius 3 is 2.72 bits per heavy atom. The number of hydrogen-bond acceptors (Lipinski definition) is 3. The lowest BCUT2D eigenvalue weighted by molar-refractivity contribution is 0.169. The first-order valence-corrected chi connectivity index (χ1v) is 6.83. The van der Waals surface area contributed by atoms with Crippen molar-refractivity contribution >= 4 is 0 Å². The Hall–Kier alpha value is -1.22. The maximum absolute atomic E-state index is 5.72. The quantitative estimate of drug-likeness (QED) is 0.870. The van der Waals surface area contributed by atoms with E-state index in [1.54, 1.807) is 0 Å². The number of para-hydroxylation sites is 1. The molecule has 1 aliphatic rings. The Morgan fingerprint density at radius 1 is 1.22 bits per heavy atom. The average molecular weight is 249 g/mol. The van der Waals surface area contributed by atoms with Crippen LogP contribution in [-0.2, 0) is 6.54 Å². The molecule has 1 N–H and O–H groups in total. The highest BCUT2D eigenvalue weighted by atomic mass is 16.6. The standard InChI is InChI=1S/C15H23NO2/c1-4-13(11(2)3)16-10-12-6-5-7-14-15(12)18-9-8-17-14/h5-7,11,13,16H,4,8-10H2,1-3H3. The summed E-state index contributed by atoms with van der Waals surface area (Å²) in [7, 11) is 0. The predicted octanol–water partition coefficient (Wildman–Crippen LogP) is 2.98. The van der Waals surface area contributed by atoms with Gasteiger partial charge >= 0.3 is 0 Å². The molecule has 0 aliphatic carbocycles. The van der Waals surface area contributed by atoms with Gasteiger partial charge in [-0.25, -0.2) is 0 Å². The number of nitrogens with one attached hydrogen (secondary N) is 1. The second kappa shape index (κ2) is 6.10. The van der Waals surface area contributed by atoms with E-state index < -0.39 is 0 Å². The molecule has 1 aliphatic heterocycles. The minimum atomic E-state index is 0.547. The number of ether oxygens (including phenoxy) is 2. The molecule has 1 aromatic carbocycles. The molecule has 0 spiro atoms. The molecule has 0 aromatic heterocycles. The molecule has 1 heterocycles. The maximum atomic E-state index is 5.72. The van der Waals surface area contributed by atoms with Crippen LogP contribution in [0.3, 0.4) is 0 Å². The summed E-state index contributed by atoms with van der Waals surface area (Å²) in [6.45, 7) is 8.85. The van der Waals surface area contributed by atoms with Crippen LogP contribution in [0.4, 0.5) is 0 Å². The SMILES string of the molecule is CCC(NCc1cccc2c1OCCO2)C(C)C. The molecular formula is C15H23NO2. The highest BCUT2D eigenvalue weighted by molar-refractivity contribution is 5.47. The van der Waals surface area contributed by atoms with Gasteiger partial charge in [-0.05, 0) is 18.4 Å². The molecule has 0 saturated carbocycles. The van der Waals surface area contributed by atoms with Gasteiger partial charge in [0, 0.05) is 18.2 Å². The third kappa shape index (κ3) is 2.96. The fourth-order valence-electron chi connectivity index (χ4n) is 2.37. The van der Waals surface area contributed by atoms with E-state index in [4.69, 9.17) is 9.47 Å². The molecule has 3 nitrogen and oxygen atoms in total. The number of rotatable bonds is 5. The van der Waals surface area contributed by atoms with Crippen LogP contribution in [-0.4, -0.2) is 19.3 Å². The fraction of sp³-hybridized carbons (Fsp3) is 0.600. The van der Waals surface area contributed by atoms with Crippen LogP contribution in [0.5, 0.6) is 11.5 Å². The van der Waals surface area contributed by atoms with Crippen LogP contribution in [0, 0.1) is 5.92 Å². The molecule has 0 radical (unpaired) electrons. The Bertz CT molecular complexity index is 390. The summed E-state index contributed by atoms with van der Waals surface area (Å²) in [5, 5.41) is 3.60. The third-order valence-corrected chi connectivity index (χ3v) is 3.45. The fourth-order valence-corrected chi connectivity index (χ4v) is 2.37. The normalized spacial score (nSPS) is 15.8. The van der Waals surface area contributed by atoms with Gasteiger partial charge in [-0.15, -0.1) is 0 Å². The second-order valence-electron chi connectivity index (χ2n) is 5.08.